The minimum atomic E-state index is -0.0112. The molecule has 2 amide bonds. The van der Waals surface area contributed by atoms with Crippen molar-refractivity contribution in [2.24, 2.45) is 17.3 Å². The molecule has 3 fully saturated rings. The van der Waals surface area contributed by atoms with Crippen LogP contribution in [0.15, 0.2) is 0 Å². The summed E-state index contributed by atoms with van der Waals surface area (Å²) in [7, 11) is 0. The van der Waals surface area contributed by atoms with E-state index >= 15 is 0 Å². The van der Waals surface area contributed by atoms with Gasteiger partial charge in [0.25, 0.3) is 0 Å². The van der Waals surface area contributed by atoms with Crippen molar-refractivity contribution in [3.8, 4) is 0 Å². The first-order chi connectivity index (χ1) is 9.50. The van der Waals surface area contributed by atoms with Crippen LogP contribution in [0.4, 0.5) is 0 Å². The lowest BCUT2D eigenvalue weighted by molar-refractivity contribution is -0.140. The fraction of sp³-hybridized carbons (Fsp3) is 0.875. The summed E-state index contributed by atoms with van der Waals surface area (Å²) in [5, 5.41) is 3.51. The van der Waals surface area contributed by atoms with Gasteiger partial charge < -0.3 is 5.32 Å². The van der Waals surface area contributed by atoms with Gasteiger partial charge in [-0.1, -0.05) is 26.7 Å². The van der Waals surface area contributed by atoms with Gasteiger partial charge in [-0.05, 0) is 37.6 Å². The SMILES string of the molecule is CC1(C)CCCNC1CN1C(=O)C2CCCCC2C1=O. The summed E-state index contributed by atoms with van der Waals surface area (Å²) in [6.45, 7) is 6.04. The summed E-state index contributed by atoms with van der Waals surface area (Å²) in [6.07, 6.45) is 6.35. The number of nitrogens with zero attached hydrogens (tertiary/aromatic N) is 1. The highest BCUT2D eigenvalue weighted by Gasteiger charge is 2.49. The topological polar surface area (TPSA) is 49.4 Å². The molecule has 3 atom stereocenters. The maximum atomic E-state index is 12.5. The Balaban J connectivity index is 1.73. The first-order valence-electron chi connectivity index (χ1n) is 8.09. The van der Waals surface area contributed by atoms with E-state index in [9.17, 15) is 9.59 Å². The third-order valence-electron chi connectivity index (χ3n) is 5.63. The van der Waals surface area contributed by atoms with Crippen LogP contribution in [-0.2, 0) is 9.59 Å². The van der Waals surface area contributed by atoms with E-state index in [0.717, 1.165) is 38.6 Å². The molecule has 1 N–H and O–H groups in total. The lowest BCUT2D eigenvalue weighted by Crippen LogP contribution is -2.54. The number of hydrogen-bond donors (Lipinski definition) is 1. The number of hydrogen-bond acceptors (Lipinski definition) is 3. The molecule has 3 aliphatic rings. The Labute approximate surface area is 121 Å². The van der Waals surface area contributed by atoms with Gasteiger partial charge in [-0.15, -0.1) is 0 Å². The van der Waals surface area contributed by atoms with E-state index in [2.05, 4.69) is 19.2 Å². The van der Waals surface area contributed by atoms with Gasteiger partial charge in [0, 0.05) is 12.6 Å². The van der Waals surface area contributed by atoms with Crippen LogP contribution in [-0.4, -0.2) is 35.8 Å². The van der Waals surface area contributed by atoms with E-state index in [-0.39, 0.29) is 35.1 Å². The van der Waals surface area contributed by atoms with Crippen LogP contribution in [0, 0.1) is 17.3 Å². The first kappa shape index (κ1) is 14.1. The molecule has 4 heteroatoms. The lowest BCUT2D eigenvalue weighted by Gasteiger charge is -2.41. The molecule has 2 aliphatic heterocycles. The lowest BCUT2D eigenvalue weighted by atomic mass is 9.77. The molecule has 0 aromatic heterocycles. The Bertz CT molecular complexity index is 395. The molecule has 20 heavy (non-hydrogen) atoms. The molecule has 2 heterocycles. The number of rotatable bonds is 2. The van der Waals surface area contributed by atoms with Gasteiger partial charge in [-0.25, -0.2) is 0 Å². The summed E-state index contributed by atoms with van der Waals surface area (Å²) in [6, 6.07) is 0.240. The Kier molecular flexibility index (Phi) is 3.61. The number of carbonyl (C=O) groups excluding carboxylic acids is 2. The summed E-state index contributed by atoms with van der Waals surface area (Å²) >= 11 is 0. The van der Waals surface area contributed by atoms with Gasteiger partial charge in [0.1, 0.15) is 0 Å². The van der Waals surface area contributed by atoms with Gasteiger partial charge in [0.05, 0.1) is 11.8 Å². The Morgan fingerprint density at radius 1 is 1.10 bits per heavy atom. The third-order valence-corrected chi connectivity index (χ3v) is 5.63. The second kappa shape index (κ2) is 5.14. The molecule has 2 saturated heterocycles. The monoisotopic (exact) mass is 278 g/mol. The molecule has 0 spiro atoms. The number of carbonyl (C=O) groups is 2. The number of nitrogens with one attached hydrogen (secondary N) is 1. The zero-order valence-electron chi connectivity index (χ0n) is 12.7. The average Bonchev–Trinajstić information content (AvgIpc) is 2.66. The largest absolute Gasteiger partial charge is 0.312 e. The minimum absolute atomic E-state index is 0.0112. The smallest absolute Gasteiger partial charge is 0.233 e. The van der Waals surface area contributed by atoms with E-state index in [1.165, 1.54) is 6.42 Å². The highest BCUT2D eigenvalue weighted by atomic mass is 16.2. The number of likely N-dealkylation sites (tertiary alicyclic amines) is 1. The summed E-state index contributed by atoms with van der Waals surface area (Å²) in [5.41, 5.74) is 0.159. The number of fused-ring (bicyclic) bond motifs is 1. The first-order valence-corrected chi connectivity index (χ1v) is 8.09. The van der Waals surface area contributed by atoms with Crippen LogP contribution >= 0.6 is 0 Å². The van der Waals surface area contributed by atoms with Gasteiger partial charge in [0.15, 0.2) is 0 Å². The predicted molar refractivity (Wildman–Crippen MR) is 77.0 cm³/mol. The zero-order valence-corrected chi connectivity index (χ0v) is 12.7. The van der Waals surface area contributed by atoms with E-state index in [4.69, 9.17) is 0 Å². The highest BCUT2D eigenvalue weighted by molar-refractivity contribution is 6.05. The Morgan fingerprint density at radius 2 is 1.70 bits per heavy atom. The molecule has 3 unspecified atom stereocenters. The molecule has 1 aliphatic carbocycles. The van der Waals surface area contributed by atoms with Crippen molar-refractivity contribution in [1.29, 1.82) is 0 Å². The van der Waals surface area contributed by atoms with Crippen LogP contribution in [0.25, 0.3) is 0 Å². The average molecular weight is 278 g/mol. The number of imide groups is 1. The van der Waals surface area contributed by atoms with Crippen molar-refractivity contribution in [2.45, 2.75) is 58.4 Å². The number of piperidine rings is 1. The van der Waals surface area contributed by atoms with Crippen molar-refractivity contribution < 1.29 is 9.59 Å². The standard InChI is InChI=1S/C16H26N2O2/c1-16(2)8-5-9-17-13(16)10-18-14(19)11-6-3-4-7-12(11)15(18)20/h11-13,17H,3-10H2,1-2H3. The molecular weight excluding hydrogens is 252 g/mol. The van der Waals surface area contributed by atoms with E-state index in [1.54, 1.807) is 4.90 Å². The molecule has 3 rings (SSSR count). The maximum absolute atomic E-state index is 12.5. The van der Waals surface area contributed by atoms with E-state index < -0.39 is 0 Å². The van der Waals surface area contributed by atoms with Crippen LogP contribution in [0.3, 0.4) is 0 Å². The maximum Gasteiger partial charge on any atom is 0.233 e. The summed E-state index contributed by atoms with van der Waals surface area (Å²) in [4.78, 5) is 26.6. The molecule has 112 valence electrons. The molecule has 0 aromatic carbocycles. The van der Waals surface area contributed by atoms with Crippen molar-refractivity contribution in [3.05, 3.63) is 0 Å². The molecule has 1 saturated carbocycles. The second-order valence-electron chi connectivity index (χ2n) is 7.38. The van der Waals surface area contributed by atoms with Crippen LogP contribution in [0.5, 0.6) is 0 Å². The van der Waals surface area contributed by atoms with Crippen molar-refractivity contribution in [1.82, 2.24) is 10.2 Å². The molecule has 0 bridgehead atoms. The highest BCUT2D eigenvalue weighted by Crippen LogP contribution is 2.39. The van der Waals surface area contributed by atoms with Crippen LogP contribution in [0.1, 0.15) is 52.4 Å². The van der Waals surface area contributed by atoms with Crippen molar-refractivity contribution in [2.75, 3.05) is 13.1 Å². The quantitative estimate of drug-likeness (QED) is 0.785. The number of amides is 2. The van der Waals surface area contributed by atoms with Crippen molar-refractivity contribution in [3.63, 3.8) is 0 Å². The summed E-state index contributed by atoms with van der Waals surface area (Å²) < 4.78 is 0. The molecular formula is C16H26N2O2. The zero-order chi connectivity index (χ0) is 14.3. The van der Waals surface area contributed by atoms with Gasteiger partial charge in [-0.3, -0.25) is 14.5 Å². The van der Waals surface area contributed by atoms with Crippen molar-refractivity contribution >= 4 is 11.8 Å². The Hall–Kier alpha value is -0.900. The van der Waals surface area contributed by atoms with Gasteiger partial charge in [-0.2, -0.15) is 0 Å². The Morgan fingerprint density at radius 3 is 2.25 bits per heavy atom. The fourth-order valence-corrected chi connectivity index (χ4v) is 4.18. The van der Waals surface area contributed by atoms with E-state index in [0.29, 0.717) is 6.54 Å². The van der Waals surface area contributed by atoms with E-state index in [1.807, 2.05) is 0 Å². The minimum Gasteiger partial charge on any atom is -0.312 e. The third kappa shape index (κ3) is 2.28. The van der Waals surface area contributed by atoms with Crippen LogP contribution in [0.2, 0.25) is 0 Å². The summed E-state index contributed by atoms with van der Waals surface area (Å²) in [5.74, 6) is 0.177. The normalized spacial score (nSPS) is 37.1. The molecule has 0 aromatic rings. The molecule has 0 radical (unpaired) electrons. The van der Waals surface area contributed by atoms with Gasteiger partial charge >= 0.3 is 0 Å². The van der Waals surface area contributed by atoms with Crippen LogP contribution < -0.4 is 5.32 Å². The fourth-order valence-electron chi connectivity index (χ4n) is 4.18. The second-order valence-corrected chi connectivity index (χ2v) is 7.38. The molecule has 4 nitrogen and oxygen atoms in total. The van der Waals surface area contributed by atoms with Gasteiger partial charge in [0.2, 0.25) is 11.8 Å². The predicted octanol–water partition coefficient (Wildman–Crippen LogP) is 1.94.